The van der Waals surface area contributed by atoms with E-state index in [4.69, 9.17) is 4.74 Å². The normalized spacial score (nSPS) is 22.8. The lowest BCUT2D eigenvalue weighted by molar-refractivity contribution is -0.140. The van der Waals surface area contributed by atoms with Gasteiger partial charge in [0.2, 0.25) is 5.91 Å². The number of carbonyl (C=O) groups excluding carboxylic acids is 3. The van der Waals surface area contributed by atoms with Crippen LogP contribution < -0.4 is 0 Å². The Morgan fingerprint density at radius 2 is 1.68 bits per heavy atom. The minimum atomic E-state index is -0.515. The molecule has 0 N–H and O–H groups in total. The maximum Gasteiger partial charge on any atom is 0.243 e. The third-order valence-electron chi connectivity index (χ3n) is 8.14. The van der Waals surface area contributed by atoms with Crippen molar-refractivity contribution in [1.29, 1.82) is 0 Å². The van der Waals surface area contributed by atoms with Gasteiger partial charge in [-0.1, -0.05) is 63.5 Å². The molecule has 0 saturated carbocycles. The molecule has 37 heavy (non-hydrogen) atoms. The molecule has 1 saturated heterocycles. The van der Waals surface area contributed by atoms with Gasteiger partial charge in [0.05, 0.1) is 11.6 Å². The number of amides is 1. The maximum absolute atomic E-state index is 13.7. The first-order valence-electron chi connectivity index (χ1n) is 14.5. The van der Waals surface area contributed by atoms with Gasteiger partial charge in [-0.15, -0.1) is 0 Å². The number of Topliss-reactive ketones (excluding diaryl/α,β-unsaturated/α-hetero) is 2. The Kier molecular flexibility index (Phi) is 9.58. The van der Waals surface area contributed by atoms with Crippen LogP contribution in [0.4, 0.5) is 0 Å². The van der Waals surface area contributed by atoms with E-state index in [2.05, 4.69) is 19.1 Å². The molecule has 3 heterocycles. The first kappa shape index (κ1) is 27.6. The van der Waals surface area contributed by atoms with Crippen LogP contribution in [-0.4, -0.2) is 52.2 Å². The van der Waals surface area contributed by atoms with Crippen LogP contribution in [-0.2, 0) is 27.3 Å². The van der Waals surface area contributed by atoms with Gasteiger partial charge in [-0.25, -0.2) is 0 Å². The van der Waals surface area contributed by atoms with E-state index in [1.165, 1.54) is 44.1 Å². The Labute approximate surface area is 221 Å². The lowest BCUT2D eigenvalue weighted by Crippen LogP contribution is -2.46. The summed E-state index contributed by atoms with van der Waals surface area (Å²) in [6, 6.07) is 3.76. The van der Waals surface area contributed by atoms with Crippen LogP contribution in [0.15, 0.2) is 18.3 Å². The number of nitrogens with zero attached hydrogens (tertiary/aromatic N) is 2. The van der Waals surface area contributed by atoms with E-state index >= 15 is 0 Å². The van der Waals surface area contributed by atoms with Crippen molar-refractivity contribution in [2.45, 2.75) is 117 Å². The number of fused-ring (bicyclic) bond motifs is 2. The number of hydrogen-bond acceptors (Lipinski definition) is 4. The number of benzene rings is 1. The van der Waals surface area contributed by atoms with Crippen molar-refractivity contribution in [1.82, 2.24) is 9.47 Å². The second-order valence-corrected chi connectivity index (χ2v) is 11.0. The van der Waals surface area contributed by atoms with Crippen LogP contribution in [0.3, 0.4) is 0 Å². The average Bonchev–Trinajstić information content (AvgIpc) is 3.45. The quantitative estimate of drug-likeness (QED) is 0.464. The molecule has 0 aliphatic carbocycles. The molecule has 0 spiro atoms. The van der Waals surface area contributed by atoms with E-state index < -0.39 is 6.04 Å². The minimum Gasteiger partial charge on any atom is -0.376 e. The van der Waals surface area contributed by atoms with Crippen molar-refractivity contribution in [2.24, 2.45) is 0 Å². The second kappa shape index (κ2) is 12.9. The largest absolute Gasteiger partial charge is 0.376 e. The van der Waals surface area contributed by atoms with Gasteiger partial charge in [0, 0.05) is 36.7 Å². The molecule has 2 aliphatic heterocycles. The third-order valence-corrected chi connectivity index (χ3v) is 8.14. The molecule has 2 atom stereocenters. The molecule has 1 fully saturated rings. The van der Waals surface area contributed by atoms with Gasteiger partial charge in [-0.2, -0.15) is 0 Å². The van der Waals surface area contributed by atoms with E-state index in [1.807, 2.05) is 17.7 Å². The lowest BCUT2D eigenvalue weighted by Gasteiger charge is -2.27. The smallest absolute Gasteiger partial charge is 0.243 e. The first-order valence-corrected chi connectivity index (χ1v) is 14.5. The van der Waals surface area contributed by atoms with Crippen LogP contribution in [0.1, 0.15) is 106 Å². The summed E-state index contributed by atoms with van der Waals surface area (Å²) in [7, 11) is 0. The highest BCUT2D eigenvalue weighted by Gasteiger charge is 2.41. The lowest BCUT2D eigenvalue weighted by atomic mass is 9.98. The zero-order valence-electron chi connectivity index (χ0n) is 23.0. The van der Waals surface area contributed by atoms with Gasteiger partial charge < -0.3 is 14.2 Å². The maximum atomic E-state index is 13.7. The van der Waals surface area contributed by atoms with Crippen molar-refractivity contribution < 1.29 is 19.1 Å². The van der Waals surface area contributed by atoms with Gasteiger partial charge in [-0.3, -0.25) is 14.4 Å². The number of ketones is 2. The fourth-order valence-electron chi connectivity index (χ4n) is 6.22. The molecule has 0 unspecified atom stereocenters. The second-order valence-electron chi connectivity index (χ2n) is 11.0. The average molecular weight is 509 g/mol. The van der Waals surface area contributed by atoms with Crippen LogP contribution in [0.2, 0.25) is 0 Å². The van der Waals surface area contributed by atoms with Gasteiger partial charge in [0.25, 0.3) is 0 Å². The molecule has 2 aliphatic rings. The number of hydrogen-bond donors (Lipinski definition) is 0. The molecule has 6 heteroatoms. The Bertz CT molecular complexity index is 1120. The molecule has 0 radical (unpaired) electrons. The fraction of sp³-hybridized carbons (Fsp3) is 0.645. The molecular weight excluding hydrogens is 464 g/mol. The van der Waals surface area contributed by atoms with Gasteiger partial charge in [0.1, 0.15) is 12.6 Å². The molecule has 6 nitrogen and oxygen atoms in total. The van der Waals surface area contributed by atoms with Crippen molar-refractivity contribution >= 4 is 28.4 Å². The number of aryl methyl sites for hydroxylation is 2. The van der Waals surface area contributed by atoms with E-state index in [0.29, 0.717) is 31.6 Å². The summed E-state index contributed by atoms with van der Waals surface area (Å²) in [6.07, 6.45) is 14.4. The topological polar surface area (TPSA) is 68.6 Å². The molecular formula is C31H44N2O4. The summed E-state index contributed by atoms with van der Waals surface area (Å²) in [4.78, 5) is 40.9. The van der Waals surface area contributed by atoms with Crippen LogP contribution >= 0.6 is 0 Å². The summed E-state index contributed by atoms with van der Waals surface area (Å²) < 4.78 is 8.16. The standard InChI is InChI=1S/C31H44N2O4/c1-4-27(35)31-28-15-16-33(31)29(36)21-32-20-26(23(3)34)25-19-22(2)18-24(30(25)32)14-12-10-8-6-5-7-9-11-13-17-37-28/h18-20,28,31H,4-17,21H2,1-3H3/t28-,31-/m1/s1. The first-order chi connectivity index (χ1) is 17.9. The van der Waals surface area contributed by atoms with E-state index in [0.717, 1.165) is 42.1 Å². The third kappa shape index (κ3) is 6.51. The number of ether oxygens (including phenoxy) is 1. The Hall–Kier alpha value is -2.47. The van der Waals surface area contributed by atoms with Crippen LogP contribution in [0, 0.1) is 6.92 Å². The van der Waals surface area contributed by atoms with Crippen molar-refractivity contribution in [2.75, 3.05) is 13.2 Å². The van der Waals surface area contributed by atoms with Crippen LogP contribution in [0.5, 0.6) is 0 Å². The summed E-state index contributed by atoms with van der Waals surface area (Å²) in [5.41, 5.74) is 3.99. The molecule has 1 amide bonds. The SMILES string of the molecule is CCC(=O)[C@@H]1[C@H]2CCN1C(=O)Cn1cc(C(C)=O)c3cc(C)cc(c31)CCCCCCCCCCCO2. The van der Waals surface area contributed by atoms with Crippen LogP contribution in [0.25, 0.3) is 10.9 Å². The van der Waals surface area contributed by atoms with Gasteiger partial charge in [0.15, 0.2) is 11.6 Å². The number of aromatic nitrogens is 1. The van der Waals surface area contributed by atoms with Crippen molar-refractivity contribution in [3.63, 3.8) is 0 Å². The monoisotopic (exact) mass is 508 g/mol. The fourth-order valence-corrected chi connectivity index (χ4v) is 6.22. The number of carbonyl (C=O) groups is 3. The highest BCUT2D eigenvalue weighted by molar-refractivity contribution is 6.08. The zero-order chi connectivity index (χ0) is 26.4. The predicted molar refractivity (Wildman–Crippen MR) is 147 cm³/mol. The van der Waals surface area contributed by atoms with Crippen molar-refractivity contribution in [3.8, 4) is 0 Å². The van der Waals surface area contributed by atoms with E-state index in [9.17, 15) is 14.4 Å². The van der Waals surface area contributed by atoms with Gasteiger partial charge in [-0.05, 0) is 51.2 Å². The minimum absolute atomic E-state index is 0.00643. The molecule has 1 aromatic heterocycles. The Balaban J connectivity index is 1.68. The molecule has 202 valence electrons. The highest BCUT2D eigenvalue weighted by Crippen LogP contribution is 2.30. The molecule has 2 bridgehead atoms. The summed E-state index contributed by atoms with van der Waals surface area (Å²) >= 11 is 0. The summed E-state index contributed by atoms with van der Waals surface area (Å²) in [6.45, 7) is 6.83. The predicted octanol–water partition coefficient (Wildman–Crippen LogP) is 6.18. The molecule has 1 aromatic carbocycles. The molecule has 4 rings (SSSR count). The number of rotatable bonds is 3. The highest BCUT2D eigenvalue weighted by atomic mass is 16.5. The Morgan fingerprint density at radius 1 is 1.00 bits per heavy atom. The van der Waals surface area contributed by atoms with Crippen molar-refractivity contribution in [3.05, 3.63) is 35.0 Å². The summed E-state index contributed by atoms with van der Waals surface area (Å²) in [5, 5.41) is 0.932. The zero-order valence-corrected chi connectivity index (χ0v) is 23.0. The molecule has 2 aromatic rings. The Morgan fingerprint density at radius 3 is 2.35 bits per heavy atom. The van der Waals surface area contributed by atoms with Gasteiger partial charge >= 0.3 is 0 Å². The van der Waals surface area contributed by atoms with E-state index in [1.54, 1.807) is 11.8 Å². The van der Waals surface area contributed by atoms with E-state index in [-0.39, 0.29) is 30.1 Å². The summed E-state index contributed by atoms with van der Waals surface area (Å²) in [5.74, 6) is -0.00568.